The smallest absolute Gasteiger partial charge is 0.182 e. The van der Waals surface area contributed by atoms with Crippen LogP contribution in [-0.4, -0.2) is 17.9 Å². The van der Waals surface area contributed by atoms with Crippen LogP contribution in [0.5, 0.6) is 5.75 Å². The van der Waals surface area contributed by atoms with Crippen molar-refractivity contribution in [2.24, 2.45) is 0 Å². The van der Waals surface area contributed by atoms with Gasteiger partial charge in [-0.25, -0.2) is 4.98 Å². The number of nitriles is 1. The summed E-state index contributed by atoms with van der Waals surface area (Å²) in [4.78, 5) is 14.7. The molecule has 0 aliphatic carbocycles. The van der Waals surface area contributed by atoms with Gasteiger partial charge in [-0.1, -0.05) is 0 Å². The second kappa shape index (κ2) is 3.68. The minimum absolute atomic E-state index is 0.102. The fourth-order valence-corrected chi connectivity index (χ4v) is 0.877. The van der Waals surface area contributed by atoms with E-state index in [1.165, 1.54) is 26.3 Å². The molecule has 1 heterocycles. The van der Waals surface area contributed by atoms with E-state index in [1.54, 1.807) is 0 Å². The number of pyridine rings is 1. The molecule has 0 aliphatic rings. The molecule has 0 aliphatic heterocycles. The Morgan fingerprint density at radius 2 is 2.38 bits per heavy atom. The van der Waals surface area contributed by atoms with Crippen LogP contribution in [0.1, 0.15) is 23.0 Å². The number of ether oxygens (including phenoxy) is 1. The minimum atomic E-state index is -0.102. The summed E-state index contributed by atoms with van der Waals surface area (Å²) in [6, 6.07) is 3.37. The number of nitrogens with zero attached hydrogens (tertiary/aromatic N) is 2. The molecule has 0 amide bonds. The molecule has 0 bridgehead atoms. The van der Waals surface area contributed by atoms with Crippen LogP contribution < -0.4 is 4.74 Å². The van der Waals surface area contributed by atoms with Gasteiger partial charge in [0.1, 0.15) is 6.07 Å². The van der Waals surface area contributed by atoms with Crippen molar-refractivity contribution in [1.29, 1.82) is 5.26 Å². The quantitative estimate of drug-likeness (QED) is 0.634. The fraction of sp³-hybridized carbons (Fsp3) is 0.222. The lowest BCUT2D eigenvalue weighted by atomic mass is 10.2. The third-order valence-corrected chi connectivity index (χ3v) is 1.59. The lowest BCUT2D eigenvalue weighted by Gasteiger charge is -2.02. The molecule has 1 aromatic rings. The number of aromatic nitrogens is 1. The van der Waals surface area contributed by atoms with Gasteiger partial charge < -0.3 is 4.74 Å². The average molecular weight is 176 g/mol. The fourth-order valence-electron chi connectivity index (χ4n) is 0.877. The molecule has 0 fully saturated rings. The molecule has 4 heteroatoms. The van der Waals surface area contributed by atoms with E-state index in [-0.39, 0.29) is 11.5 Å². The van der Waals surface area contributed by atoms with Crippen LogP contribution in [-0.2, 0) is 0 Å². The van der Waals surface area contributed by atoms with Crippen molar-refractivity contribution in [3.63, 3.8) is 0 Å². The van der Waals surface area contributed by atoms with Gasteiger partial charge in [-0.15, -0.1) is 0 Å². The van der Waals surface area contributed by atoms with E-state index in [2.05, 4.69) is 4.98 Å². The van der Waals surface area contributed by atoms with E-state index >= 15 is 0 Å². The first-order valence-corrected chi connectivity index (χ1v) is 3.64. The van der Waals surface area contributed by atoms with Crippen molar-refractivity contribution in [1.82, 2.24) is 4.98 Å². The highest BCUT2D eigenvalue weighted by atomic mass is 16.5. The van der Waals surface area contributed by atoms with E-state index in [9.17, 15) is 4.79 Å². The largest absolute Gasteiger partial charge is 0.494 e. The highest BCUT2D eigenvalue weighted by molar-refractivity contribution is 5.94. The Morgan fingerprint density at radius 1 is 1.69 bits per heavy atom. The minimum Gasteiger partial charge on any atom is -0.494 e. The zero-order chi connectivity index (χ0) is 9.84. The maximum Gasteiger partial charge on any atom is 0.182 e. The van der Waals surface area contributed by atoms with Crippen LogP contribution in [0, 0.1) is 11.3 Å². The van der Waals surface area contributed by atoms with Gasteiger partial charge in [-0.2, -0.15) is 5.26 Å². The van der Waals surface area contributed by atoms with E-state index in [0.29, 0.717) is 11.3 Å². The van der Waals surface area contributed by atoms with Crippen LogP contribution in [0.3, 0.4) is 0 Å². The van der Waals surface area contributed by atoms with Crippen LogP contribution in [0.2, 0.25) is 0 Å². The Labute approximate surface area is 75.8 Å². The normalized spacial score (nSPS) is 9.00. The summed E-state index contributed by atoms with van der Waals surface area (Å²) in [5.41, 5.74) is 0.628. The van der Waals surface area contributed by atoms with Crippen molar-refractivity contribution in [3.05, 3.63) is 23.5 Å². The molecule has 1 rings (SSSR count). The Hall–Kier alpha value is -1.89. The first kappa shape index (κ1) is 9.20. The molecule has 0 spiro atoms. The third kappa shape index (κ3) is 1.82. The van der Waals surface area contributed by atoms with E-state index in [1.807, 2.05) is 6.07 Å². The second-order valence-corrected chi connectivity index (χ2v) is 2.44. The SMILES string of the molecule is COc1cc(C(C)=O)cnc1C#N. The van der Waals surface area contributed by atoms with E-state index < -0.39 is 0 Å². The summed E-state index contributed by atoms with van der Waals surface area (Å²) in [5, 5.41) is 8.60. The molecule has 4 nitrogen and oxygen atoms in total. The number of ketones is 1. The highest BCUT2D eigenvalue weighted by Gasteiger charge is 2.07. The monoisotopic (exact) mass is 176 g/mol. The Morgan fingerprint density at radius 3 is 2.85 bits per heavy atom. The molecule has 66 valence electrons. The molecule has 0 saturated heterocycles. The van der Waals surface area contributed by atoms with Crippen molar-refractivity contribution < 1.29 is 9.53 Å². The van der Waals surface area contributed by atoms with E-state index in [4.69, 9.17) is 10.00 Å². The maximum absolute atomic E-state index is 10.9. The van der Waals surface area contributed by atoms with Gasteiger partial charge in [0.05, 0.1) is 7.11 Å². The van der Waals surface area contributed by atoms with Crippen LogP contribution >= 0.6 is 0 Å². The van der Waals surface area contributed by atoms with Gasteiger partial charge in [0, 0.05) is 11.8 Å². The van der Waals surface area contributed by atoms with Gasteiger partial charge >= 0.3 is 0 Å². The predicted octanol–water partition coefficient (Wildman–Crippen LogP) is 1.16. The molecule has 0 atom stereocenters. The summed E-state index contributed by atoms with van der Waals surface area (Å²) in [6.45, 7) is 1.43. The van der Waals surface area contributed by atoms with Crippen LogP contribution in [0.25, 0.3) is 0 Å². The summed E-state index contributed by atoms with van der Waals surface area (Å²) >= 11 is 0. The summed E-state index contributed by atoms with van der Waals surface area (Å²) in [7, 11) is 1.43. The number of carbonyl (C=O) groups excluding carboxylic acids is 1. The summed E-state index contributed by atoms with van der Waals surface area (Å²) < 4.78 is 4.89. The van der Waals surface area contributed by atoms with Gasteiger partial charge in [-0.05, 0) is 13.0 Å². The summed E-state index contributed by atoms with van der Waals surface area (Å²) in [5.74, 6) is 0.227. The molecular weight excluding hydrogens is 168 g/mol. The van der Waals surface area contributed by atoms with Crippen molar-refractivity contribution in [3.8, 4) is 11.8 Å². The maximum atomic E-state index is 10.9. The van der Waals surface area contributed by atoms with Crippen molar-refractivity contribution >= 4 is 5.78 Å². The van der Waals surface area contributed by atoms with Gasteiger partial charge in [0.15, 0.2) is 17.2 Å². The predicted molar refractivity (Wildman–Crippen MR) is 45.5 cm³/mol. The standard InChI is InChI=1S/C9H8N2O2/c1-6(12)7-3-9(13-2)8(4-10)11-5-7/h3,5H,1-2H3. The highest BCUT2D eigenvalue weighted by Crippen LogP contribution is 2.16. The number of hydrogen-bond acceptors (Lipinski definition) is 4. The molecular formula is C9H8N2O2. The molecule has 0 saturated carbocycles. The van der Waals surface area contributed by atoms with Gasteiger partial charge in [0.2, 0.25) is 0 Å². The number of carbonyl (C=O) groups is 1. The Bertz CT molecular complexity index is 380. The average Bonchev–Trinajstić information content (AvgIpc) is 2.16. The molecule has 0 radical (unpaired) electrons. The lowest BCUT2D eigenvalue weighted by Crippen LogP contribution is -1.97. The number of rotatable bonds is 2. The van der Waals surface area contributed by atoms with Crippen molar-refractivity contribution in [2.75, 3.05) is 7.11 Å². The Kier molecular flexibility index (Phi) is 2.60. The Balaban J connectivity index is 3.23. The summed E-state index contributed by atoms with van der Waals surface area (Å²) in [6.07, 6.45) is 1.36. The molecule has 13 heavy (non-hydrogen) atoms. The molecule has 0 N–H and O–H groups in total. The van der Waals surface area contributed by atoms with Gasteiger partial charge in [0.25, 0.3) is 0 Å². The first-order valence-electron chi connectivity index (χ1n) is 3.64. The van der Waals surface area contributed by atoms with E-state index in [0.717, 1.165) is 0 Å². The van der Waals surface area contributed by atoms with Crippen LogP contribution in [0.4, 0.5) is 0 Å². The zero-order valence-electron chi connectivity index (χ0n) is 7.37. The number of methoxy groups -OCH3 is 1. The third-order valence-electron chi connectivity index (χ3n) is 1.59. The topological polar surface area (TPSA) is 63.0 Å². The van der Waals surface area contributed by atoms with Gasteiger partial charge in [-0.3, -0.25) is 4.79 Å². The second-order valence-electron chi connectivity index (χ2n) is 2.44. The first-order chi connectivity index (χ1) is 6.19. The molecule has 0 aromatic carbocycles. The van der Waals surface area contributed by atoms with Crippen molar-refractivity contribution in [2.45, 2.75) is 6.92 Å². The molecule has 1 aromatic heterocycles. The number of Topliss-reactive ketones (excluding diaryl/α,β-unsaturated/α-hetero) is 1. The lowest BCUT2D eigenvalue weighted by molar-refractivity contribution is 0.101. The zero-order valence-corrected chi connectivity index (χ0v) is 7.37. The molecule has 0 unspecified atom stereocenters. The van der Waals surface area contributed by atoms with Crippen LogP contribution in [0.15, 0.2) is 12.3 Å². The number of hydrogen-bond donors (Lipinski definition) is 0.